The fourth-order valence-corrected chi connectivity index (χ4v) is 1.73. The van der Waals surface area contributed by atoms with Crippen molar-refractivity contribution < 1.29 is 19.4 Å². The zero-order valence-corrected chi connectivity index (χ0v) is 11.4. The highest BCUT2D eigenvalue weighted by molar-refractivity contribution is 5.87. The minimum atomic E-state index is -0.923. The maximum atomic E-state index is 11.3. The van der Waals surface area contributed by atoms with E-state index in [2.05, 4.69) is 0 Å². The molecule has 1 aromatic carbocycles. The summed E-state index contributed by atoms with van der Waals surface area (Å²) in [5, 5.41) is 8.79. The molecule has 4 heteroatoms. The van der Waals surface area contributed by atoms with Crippen LogP contribution in [0.5, 0.6) is 0 Å². The van der Waals surface area contributed by atoms with Gasteiger partial charge >= 0.3 is 11.9 Å². The molecule has 0 spiro atoms. The number of carboxylic acids is 1. The van der Waals surface area contributed by atoms with E-state index >= 15 is 0 Å². The van der Waals surface area contributed by atoms with Crippen LogP contribution < -0.4 is 0 Å². The van der Waals surface area contributed by atoms with Crippen molar-refractivity contribution in [3.63, 3.8) is 0 Å². The van der Waals surface area contributed by atoms with Crippen LogP contribution in [0.1, 0.15) is 49.0 Å². The fraction of sp³-hybridized carbons (Fsp3) is 0.467. The Bertz CT molecular complexity index is 422. The van der Waals surface area contributed by atoms with Crippen molar-refractivity contribution in [1.82, 2.24) is 0 Å². The zero-order chi connectivity index (χ0) is 14.3. The Labute approximate surface area is 113 Å². The van der Waals surface area contributed by atoms with E-state index in [9.17, 15) is 9.59 Å². The SMILES string of the molecule is CCCC(=O)OC(C)CCc1ccc(C(=O)O)cc1. The first-order valence-electron chi connectivity index (χ1n) is 6.54. The molecule has 0 aliphatic rings. The number of hydrogen-bond acceptors (Lipinski definition) is 3. The summed E-state index contributed by atoms with van der Waals surface area (Å²) in [6.07, 6.45) is 2.64. The average Bonchev–Trinajstić information content (AvgIpc) is 2.37. The fourth-order valence-electron chi connectivity index (χ4n) is 1.73. The molecule has 0 aliphatic carbocycles. The van der Waals surface area contributed by atoms with Crippen molar-refractivity contribution >= 4 is 11.9 Å². The summed E-state index contributed by atoms with van der Waals surface area (Å²) in [7, 11) is 0. The Hall–Kier alpha value is -1.84. The summed E-state index contributed by atoms with van der Waals surface area (Å²) in [6, 6.07) is 6.77. The predicted octanol–water partition coefficient (Wildman–Crippen LogP) is 3.05. The molecule has 1 aromatic rings. The van der Waals surface area contributed by atoms with Gasteiger partial charge in [-0.15, -0.1) is 0 Å². The van der Waals surface area contributed by atoms with E-state index in [1.807, 2.05) is 13.8 Å². The van der Waals surface area contributed by atoms with Crippen LogP contribution in [-0.2, 0) is 16.0 Å². The van der Waals surface area contributed by atoms with Crippen LogP contribution in [0.25, 0.3) is 0 Å². The lowest BCUT2D eigenvalue weighted by Crippen LogP contribution is -2.15. The lowest BCUT2D eigenvalue weighted by Gasteiger charge is -2.12. The molecule has 0 amide bonds. The van der Waals surface area contributed by atoms with Gasteiger partial charge in [0, 0.05) is 6.42 Å². The van der Waals surface area contributed by atoms with Crippen LogP contribution in [-0.4, -0.2) is 23.1 Å². The molecule has 1 N–H and O–H groups in total. The lowest BCUT2D eigenvalue weighted by atomic mass is 10.1. The van der Waals surface area contributed by atoms with Crippen molar-refractivity contribution in [2.75, 3.05) is 0 Å². The van der Waals surface area contributed by atoms with E-state index in [-0.39, 0.29) is 17.6 Å². The van der Waals surface area contributed by atoms with Gasteiger partial charge in [-0.1, -0.05) is 19.1 Å². The molecular weight excluding hydrogens is 244 g/mol. The summed E-state index contributed by atoms with van der Waals surface area (Å²) in [6.45, 7) is 3.81. The lowest BCUT2D eigenvalue weighted by molar-refractivity contribution is -0.148. The van der Waals surface area contributed by atoms with Gasteiger partial charge < -0.3 is 9.84 Å². The molecule has 0 heterocycles. The van der Waals surface area contributed by atoms with E-state index < -0.39 is 5.97 Å². The molecule has 0 aliphatic heterocycles. The van der Waals surface area contributed by atoms with Crippen molar-refractivity contribution in [3.05, 3.63) is 35.4 Å². The van der Waals surface area contributed by atoms with Gasteiger partial charge in [0.05, 0.1) is 11.7 Å². The van der Waals surface area contributed by atoms with Gasteiger partial charge in [0.1, 0.15) is 0 Å². The van der Waals surface area contributed by atoms with Gasteiger partial charge in [-0.2, -0.15) is 0 Å². The van der Waals surface area contributed by atoms with E-state index in [1.54, 1.807) is 24.3 Å². The standard InChI is InChI=1S/C15H20O4/c1-3-4-14(16)19-11(2)5-6-12-7-9-13(10-8-12)15(17)18/h7-11H,3-6H2,1-2H3,(H,17,18). The molecule has 0 bridgehead atoms. The van der Waals surface area contributed by atoms with Gasteiger partial charge in [-0.05, 0) is 43.9 Å². The molecular formula is C15H20O4. The second kappa shape index (κ2) is 7.56. The van der Waals surface area contributed by atoms with Crippen LogP contribution >= 0.6 is 0 Å². The Morgan fingerprint density at radius 2 is 1.89 bits per heavy atom. The number of hydrogen-bond donors (Lipinski definition) is 1. The Morgan fingerprint density at radius 3 is 2.42 bits per heavy atom. The molecule has 1 atom stereocenters. The molecule has 104 valence electrons. The van der Waals surface area contributed by atoms with Gasteiger partial charge in [0.2, 0.25) is 0 Å². The third kappa shape index (κ3) is 5.55. The van der Waals surface area contributed by atoms with Gasteiger partial charge in [0.15, 0.2) is 0 Å². The molecule has 0 saturated carbocycles. The van der Waals surface area contributed by atoms with Crippen LogP contribution in [0.3, 0.4) is 0 Å². The Balaban J connectivity index is 2.39. The van der Waals surface area contributed by atoms with Gasteiger partial charge in [-0.3, -0.25) is 4.79 Å². The highest BCUT2D eigenvalue weighted by Gasteiger charge is 2.09. The number of carbonyl (C=O) groups is 2. The first kappa shape index (κ1) is 15.2. The van der Waals surface area contributed by atoms with Crippen LogP contribution in [0.4, 0.5) is 0 Å². The monoisotopic (exact) mass is 264 g/mol. The van der Waals surface area contributed by atoms with Gasteiger partial charge in [-0.25, -0.2) is 4.79 Å². The maximum Gasteiger partial charge on any atom is 0.335 e. The van der Waals surface area contributed by atoms with Crippen molar-refractivity contribution in [1.29, 1.82) is 0 Å². The summed E-state index contributed by atoms with van der Waals surface area (Å²) < 4.78 is 5.24. The van der Waals surface area contributed by atoms with Crippen molar-refractivity contribution in [2.45, 2.75) is 45.6 Å². The Kier molecular flexibility index (Phi) is 6.06. The molecule has 4 nitrogen and oxygen atoms in total. The smallest absolute Gasteiger partial charge is 0.335 e. The highest BCUT2D eigenvalue weighted by atomic mass is 16.5. The molecule has 1 rings (SSSR count). The first-order chi connectivity index (χ1) is 9.02. The maximum absolute atomic E-state index is 11.3. The highest BCUT2D eigenvalue weighted by Crippen LogP contribution is 2.10. The number of carbonyl (C=O) groups excluding carboxylic acids is 1. The third-order valence-corrected chi connectivity index (χ3v) is 2.83. The van der Waals surface area contributed by atoms with Crippen LogP contribution in [0.2, 0.25) is 0 Å². The summed E-state index contributed by atoms with van der Waals surface area (Å²) >= 11 is 0. The summed E-state index contributed by atoms with van der Waals surface area (Å²) in [5.74, 6) is -1.08. The molecule has 0 aromatic heterocycles. The minimum absolute atomic E-state index is 0.113. The number of rotatable bonds is 7. The number of benzene rings is 1. The zero-order valence-electron chi connectivity index (χ0n) is 11.4. The van der Waals surface area contributed by atoms with Crippen molar-refractivity contribution in [3.8, 4) is 0 Å². The first-order valence-corrected chi connectivity index (χ1v) is 6.54. The van der Waals surface area contributed by atoms with E-state index in [0.717, 1.165) is 24.8 Å². The molecule has 1 unspecified atom stereocenters. The van der Waals surface area contributed by atoms with E-state index in [0.29, 0.717) is 6.42 Å². The van der Waals surface area contributed by atoms with E-state index in [1.165, 1.54) is 0 Å². The molecule has 0 fully saturated rings. The van der Waals surface area contributed by atoms with Crippen molar-refractivity contribution in [2.24, 2.45) is 0 Å². The van der Waals surface area contributed by atoms with Gasteiger partial charge in [0.25, 0.3) is 0 Å². The normalized spacial score (nSPS) is 11.9. The largest absolute Gasteiger partial charge is 0.478 e. The number of aromatic carboxylic acids is 1. The number of ether oxygens (including phenoxy) is 1. The number of carboxylic acid groups (broad SMARTS) is 1. The summed E-state index contributed by atoms with van der Waals surface area (Å²) in [4.78, 5) is 22.0. The van der Waals surface area contributed by atoms with Crippen LogP contribution in [0.15, 0.2) is 24.3 Å². The molecule has 0 saturated heterocycles. The molecule has 0 radical (unpaired) electrons. The number of aryl methyl sites for hydroxylation is 1. The second-order valence-electron chi connectivity index (χ2n) is 4.59. The topological polar surface area (TPSA) is 63.6 Å². The predicted molar refractivity (Wildman–Crippen MR) is 72.2 cm³/mol. The third-order valence-electron chi connectivity index (χ3n) is 2.83. The Morgan fingerprint density at radius 1 is 1.26 bits per heavy atom. The average molecular weight is 264 g/mol. The summed E-state index contributed by atoms with van der Waals surface area (Å²) in [5.41, 5.74) is 1.33. The van der Waals surface area contributed by atoms with Crippen LogP contribution in [0, 0.1) is 0 Å². The van der Waals surface area contributed by atoms with E-state index in [4.69, 9.17) is 9.84 Å². The second-order valence-corrected chi connectivity index (χ2v) is 4.59. The quantitative estimate of drug-likeness (QED) is 0.769. The number of esters is 1. The minimum Gasteiger partial charge on any atom is -0.478 e. The molecule has 19 heavy (non-hydrogen) atoms.